The van der Waals surface area contributed by atoms with Crippen molar-refractivity contribution in [3.05, 3.63) is 23.8 Å². The first-order valence-corrected chi connectivity index (χ1v) is 6.39. The van der Waals surface area contributed by atoms with E-state index in [1.165, 1.54) is 21.9 Å². The molecule has 1 fully saturated rings. The van der Waals surface area contributed by atoms with E-state index in [0.717, 1.165) is 0 Å². The molecular formula is C12H12N6O3. The molecule has 2 aromatic heterocycles. The maximum Gasteiger partial charge on any atom is 0.258 e. The molecule has 0 radical (unpaired) electrons. The minimum atomic E-state index is -0.493. The van der Waals surface area contributed by atoms with Crippen LogP contribution in [0.1, 0.15) is 23.0 Å². The lowest BCUT2D eigenvalue weighted by molar-refractivity contribution is -0.135. The fourth-order valence-corrected chi connectivity index (χ4v) is 2.29. The highest BCUT2D eigenvalue weighted by atomic mass is 16.2. The zero-order chi connectivity index (χ0) is 15.0. The van der Waals surface area contributed by atoms with Crippen LogP contribution in [0.25, 0.3) is 5.78 Å². The van der Waals surface area contributed by atoms with Crippen LogP contribution in [0.3, 0.4) is 0 Å². The second-order valence-electron chi connectivity index (χ2n) is 4.58. The van der Waals surface area contributed by atoms with Gasteiger partial charge in [-0.2, -0.15) is 10.1 Å². The fourth-order valence-electron chi connectivity index (χ4n) is 2.29. The Morgan fingerprint density at radius 3 is 2.67 bits per heavy atom. The third kappa shape index (κ3) is 2.22. The minimum absolute atomic E-state index is 0.150. The molecule has 9 heteroatoms. The number of nitrogens with zero attached hydrogens (tertiary/aromatic N) is 5. The van der Waals surface area contributed by atoms with Gasteiger partial charge in [0.15, 0.2) is 0 Å². The number of carbonyl (C=O) groups excluding carboxylic acids is 3. The standard InChI is InChI=1S/C12H12N6O3/c1-2-8-7(3-13-12-14-6-15-18(8)12)11(21)17-4-9(19)16-10(20)5-17/h3,6H,2,4-5H2,1H3,(H,16,19,20). The van der Waals surface area contributed by atoms with Gasteiger partial charge in [-0.3, -0.25) is 19.7 Å². The Balaban J connectivity index is 2.01. The van der Waals surface area contributed by atoms with Crippen LogP contribution in [-0.2, 0) is 16.0 Å². The summed E-state index contributed by atoms with van der Waals surface area (Å²) in [5, 5.41) is 6.19. The van der Waals surface area contributed by atoms with Crippen molar-refractivity contribution >= 4 is 23.5 Å². The summed E-state index contributed by atoms with van der Waals surface area (Å²) in [6.07, 6.45) is 3.30. The number of piperazine rings is 1. The van der Waals surface area contributed by atoms with E-state index in [2.05, 4.69) is 20.4 Å². The first-order valence-electron chi connectivity index (χ1n) is 6.39. The summed E-state index contributed by atoms with van der Waals surface area (Å²) in [6.45, 7) is 1.58. The molecule has 0 spiro atoms. The average Bonchev–Trinajstić information content (AvgIpc) is 2.92. The molecule has 3 heterocycles. The Morgan fingerprint density at radius 1 is 1.29 bits per heavy atom. The lowest BCUT2D eigenvalue weighted by Crippen LogP contribution is -2.53. The summed E-state index contributed by atoms with van der Waals surface area (Å²) >= 11 is 0. The van der Waals surface area contributed by atoms with Gasteiger partial charge in [0.05, 0.1) is 11.3 Å². The van der Waals surface area contributed by atoms with E-state index in [1.54, 1.807) is 0 Å². The first-order chi connectivity index (χ1) is 10.1. The lowest BCUT2D eigenvalue weighted by atomic mass is 10.1. The van der Waals surface area contributed by atoms with E-state index in [9.17, 15) is 14.4 Å². The summed E-state index contributed by atoms with van der Waals surface area (Å²) in [5.74, 6) is -1.00. The van der Waals surface area contributed by atoms with Crippen LogP contribution in [-0.4, -0.2) is 55.3 Å². The van der Waals surface area contributed by atoms with Crippen LogP contribution >= 0.6 is 0 Å². The van der Waals surface area contributed by atoms with Crippen molar-refractivity contribution in [2.45, 2.75) is 13.3 Å². The van der Waals surface area contributed by atoms with Crippen molar-refractivity contribution in [1.82, 2.24) is 29.8 Å². The summed E-state index contributed by atoms with van der Waals surface area (Å²) < 4.78 is 1.49. The third-order valence-corrected chi connectivity index (χ3v) is 3.21. The van der Waals surface area contributed by atoms with E-state index in [1.807, 2.05) is 6.92 Å². The van der Waals surface area contributed by atoms with Gasteiger partial charge in [-0.1, -0.05) is 6.92 Å². The monoisotopic (exact) mass is 288 g/mol. The topological polar surface area (TPSA) is 110 Å². The largest absolute Gasteiger partial charge is 0.320 e. The normalized spacial score (nSPS) is 15.4. The highest BCUT2D eigenvalue weighted by Crippen LogP contribution is 2.13. The van der Waals surface area contributed by atoms with Crippen LogP contribution in [0.15, 0.2) is 12.5 Å². The number of hydrogen-bond donors (Lipinski definition) is 1. The van der Waals surface area contributed by atoms with Crippen LogP contribution in [0.4, 0.5) is 0 Å². The number of rotatable bonds is 2. The fraction of sp³-hybridized carbons (Fsp3) is 0.333. The molecular weight excluding hydrogens is 276 g/mol. The van der Waals surface area contributed by atoms with E-state index >= 15 is 0 Å². The molecule has 1 saturated heterocycles. The molecule has 0 unspecified atom stereocenters. The van der Waals surface area contributed by atoms with Crippen molar-refractivity contribution in [1.29, 1.82) is 0 Å². The van der Waals surface area contributed by atoms with Crippen LogP contribution < -0.4 is 5.32 Å². The van der Waals surface area contributed by atoms with Gasteiger partial charge in [-0.05, 0) is 6.42 Å². The molecule has 3 rings (SSSR count). The minimum Gasteiger partial charge on any atom is -0.320 e. The van der Waals surface area contributed by atoms with Crippen molar-refractivity contribution in [3.63, 3.8) is 0 Å². The zero-order valence-electron chi connectivity index (χ0n) is 11.2. The van der Waals surface area contributed by atoms with Gasteiger partial charge in [0.2, 0.25) is 11.8 Å². The number of aromatic nitrogens is 4. The Hall–Kier alpha value is -2.84. The molecule has 1 aliphatic heterocycles. The molecule has 108 valence electrons. The summed E-state index contributed by atoms with van der Waals surface area (Å²) in [7, 11) is 0. The number of hydrogen-bond acceptors (Lipinski definition) is 6. The Kier molecular flexibility index (Phi) is 3.09. The van der Waals surface area contributed by atoms with Gasteiger partial charge in [0.25, 0.3) is 11.7 Å². The number of aryl methyl sites for hydroxylation is 1. The Bertz CT molecular complexity index is 737. The molecule has 3 amide bonds. The van der Waals surface area contributed by atoms with Gasteiger partial charge in [-0.25, -0.2) is 9.50 Å². The molecule has 1 N–H and O–H groups in total. The summed E-state index contributed by atoms with van der Waals surface area (Å²) in [4.78, 5) is 44.5. The van der Waals surface area contributed by atoms with E-state index < -0.39 is 17.7 Å². The molecule has 21 heavy (non-hydrogen) atoms. The van der Waals surface area contributed by atoms with Gasteiger partial charge >= 0.3 is 0 Å². The quantitative estimate of drug-likeness (QED) is 0.694. The number of imide groups is 1. The van der Waals surface area contributed by atoms with Crippen molar-refractivity contribution < 1.29 is 14.4 Å². The SMILES string of the molecule is CCc1c(C(=O)N2CC(=O)NC(=O)C2)cnc2ncnn12. The lowest BCUT2D eigenvalue weighted by Gasteiger charge is -2.26. The van der Waals surface area contributed by atoms with E-state index in [-0.39, 0.29) is 13.1 Å². The Morgan fingerprint density at radius 2 is 2.00 bits per heavy atom. The van der Waals surface area contributed by atoms with Crippen LogP contribution in [0.2, 0.25) is 0 Å². The zero-order valence-corrected chi connectivity index (χ0v) is 11.2. The molecule has 0 aromatic carbocycles. The highest BCUT2D eigenvalue weighted by Gasteiger charge is 2.29. The smallest absolute Gasteiger partial charge is 0.258 e. The van der Waals surface area contributed by atoms with Crippen LogP contribution in [0, 0.1) is 0 Å². The van der Waals surface area contributed by atoms with E-state index in [4.69, 9.17) is 0 Å². The third-order valence-electron chi connectivity index (χ3n) is 3.21. The van der Waals surface area contributed by atoms with Crippen molar-refractivity contribution in [3.8, 4) is 0 Å². The number of carbonyl (C=O) groups is 3. The molecule has 0 atom stereocenters. The van der Waals surface area contributed by atoms with Crippen molar-refractivity contribution in [2.24, 2.45) is 0 Å². The van der Waals surface area contributed by atoms with E-state index in [0.29, 0.717) is 23.5 Å². The number of nitrogens with one attached hydrogen (secondary N) is 1. The average molecular weight is 288 g/mol. The van der Waals surface area contributed by atoms with Gasteiger partial charge in [0.1, 0.15) is 19.4 Å². The molecule has 9 nitrogen and oxygen atoms in total. The number of amides is 3. The number of fused-ring (bicyclic) bond motifs is 1. The second kappa shape index (κ2) is 4.93. The van der Waals surface area contributed by atoms with Gasteiger partial charge in [-0.15, -0.1) is 0 Å². The highest BCUT2D eigenvalue weighted by molar-refractivity contribution is 6.06. The summed E-state index contributed by atoms with van der Waals surface area (Å²) in [6, 6.07) is 0. The maximum atomic E-state index is 12.5. The predicted octanol–water partition coefficient (Wildman–Crippen LogP) is -1.21. The molecule has 1 aliphatic rings. The maximum absolute atomic E-state index is 12.5. The van der Waals surface area contributed by atoms with Gasteiger partial charge < -0.3 is 4.90 Å². The Labute approximate surface area is 119 Å². The summed E-state index contributed by atoms with van der Waals surface area (Å²) in [5.41, 5.74) is 0.957. The van der Waals surface area contributed by atoms with Crippen molar-refractivity contribution in [2.75, 3.05) is 13.1 Å². The molecule has 0 saturated carbocycles. The van der Waals surface area contributed by atoms with Crippen LogP contribution in [0.5, 0.6) is 0 Å². The molecule has 0 bridgehead atoms. The van der Waals surface area contributed by atoms with Gasteiger partial charge in [0, 0.05) is 6.20 Å². The molecule has 2 aromatic rings. The second-order valence-corrected chi connectivity index (χ2v) is 4.58. The predicted molar refractivity (Wildman–Crippen MR) is 69.2 cm³/mol. The molecule has 0 aliphatic carbocycles. The first kappa shape index (κ1) is 13.2.